The molecule has 1 unspecified atom stereocenters. The van der Waals surface area contributed by atoms with Gasteiger partial charge < -0.3 is 25.4 Å². The van der Waals surface area contributed by atoms with Crippen molar-refractivity contribution in [2.75, 3.05) is 30.4 Å². The maximum atomic E-state index is 12.6. The number of aryl methyl sites for hydroxylation is 2. The molecule has 33 heavy (non-hydrogen) atoms. The number of nitrogens with one attached hydrogen (secondary N) is 2. The SMILES string of the molecule is COc1ccc2c(c1)CCCC2(O)CNC(=O)C(=O)Nc1cc2c3c(c1)CCN3C(=O)CC2. The smallest absolute Gasteiger partial charge is 0.313 e. The minimum atomic E-state index is -1.23. The van der Waals surface area contributed by atoms with Gasteiger partial charge in [-0.2, -0.15) is 0 Å². The molecule has 2 aromatic carbocycles. The van der Waals surface area contributed by atoms with Gasteiger partial charge in [0.15, 0.2) is 0 Å². The Hall–Kier alpha value is -3.39. The molecule has 3 N–H and O–H groups in total. The molecule has 0 radical (unpaired) electrons. The van der Waals surface area contributed by atoms with Crippen LogP contribution in [0, 0.1) is 0 Å². The average molecular weight is 450 g/mol. The summed E-state index contributed by atoms with van der Waals surface area (Å²) in [6, 6.07) is 9.19. The van der Waals surface area contributed by atoms with Crippen LogP contribution in [0.5, 0.6) is 5.75 Å². The highest BCUT2D eigenvalue weighted by Crippen LogP contribution is 2.39. The molecule has 0 saturated heterocycles. The van der Waals surface area contributed by atoms with E-state index in [2.05, 4.69) is 10.6 Å². The number of benzene rings is 2. The molecule has 172 valence electrons. The van der Waals surface area contributed by atoms with E-state index < -0.39 is 17.4 Å². The Morgan fingerprint density at radius 1 is 1.06 bits per heavy atom. The van der Waals surface area contributed by atoms with Crippen molar-refractivity contribution in [3.8, 4) is 5.75 Å². The van der Waals surface area contributed by atoms with Crippen molar-refractivity contribution < 1.29 is 24.2 Å². The Kier molecular flexibility index (Phi) is 5.32. The zero-order chi connectivity index (χ0) is 23.2. The summed E-state index contributed by atoms with van der Waals surface area (Å²) in [6.45, 7) is 0.607. The molecule has 0 spiro atoms. The Labute approximate surface area is 191 Å². The zero-order valence-corrected chi connectivity index (χ0v) is 18.6. The largest absolute Gasteiger partial charge is 0.497 e. The molecule has 3 aliphatic rings. The molecule has 0 aromatic heterocycles. The zero-order valence-electron chi connectivity index (χ0n) is 18.6. The van der Waals surface area contributed by atoms with Gasteiger partial charge in [0.05, 0.1) is 19.3 Å². The molecule has 0 saturated carbocycles. The number of fused-ring (bicyclic) bond motifs is 1. The van der Waals surface area contributed by atoms with Gasteiger partial charge in [0.1, 0.15) is 11.4 Å². The number of ether oxygens (including phenoxy) is 1. The van der Waals surface area contributed by atoms with Gasteiger partial charge in [-0.3, -0.25) is 14.4 Å². The van der Waals surface area contributed by atoms with Gasteiger partial charge in [0.2, 0.25) is 5.91 Å². The maximum Gasteiger partial charge on any atom is 0.313 e. The van der Waals surface area contributed by atoms with E-state index in [0.29, 0.717) is 31.5 Å². The highest BCUT2D eigenvalue weighted by atomic mass is 16.5. The number of anilines is 2. The number of methoxy groups -OCH3 is 1. The van der Waals surface area contributed by atoms with E-state index in [0.717, 1.165) is 53.0 Å². The Bertz CT molecular complexity index is 1160. The molecule has 2 heterocycles. The van der Waals surface area contributed by atoms with Crippen molar-refractivity contribution >= 4 is 29.1 Å². The summed E-state index contributed by atoms with van der Waals surface area (Å²) in [5, 5.41) is 16.5. The van der Waals surface area contributed by atoms with E-state index in [9.17, 15) is 19.5 Å². The maximum absolute atomic E-state index is 12.6. The summed E-state index contributed by atoms with van der Waals surface area (Å²) in [6.07, 6.45) is 3.92. The lowest BCUT2D eigenvalue weighted by Gasteiger charge is -2.34. The Morgan fingerprint density at radius 3 is 2.64 bits per heavy atom. The van der Waals surface area contributed by atoms with Gasteiger partial charge in [-0.05, 0) is 78.6 Å². The number of amides is 3. The lowest BCUT2D eigenvalue weighted by molar-refractivity contribution is -0.137. The summed E-state index contributed by atoms with van der Waals surface area (Å²) >= 11 is 0. The molecule has 8 heteroatoms. The van der Waals surface area contributed by atoms with Gasteiger partial charge in [-0.1, -0.05) is 6.07 Å². The van der Waals surface area contributed by atoms with E-state index in [1.54, 1.807) is 13.2 Å². The number of nitrogens with zero attached hydrogens (tertiary/aromatic N) is 1. The van der Waals surface area contributed by atoms with Crippen LogP contribution >= 0.6 is 0 Å². The van der Waals surface area contributed by atoms with Crippen LogP contribution < -0.4 is 20.3 Å². The van der Waals surface area contributed by atoms with Crippen LogP contribution in [0.2, 0.25) is 0 Å². The fraction of sp³-hybridized carbons (Fsp3) is 0.400. The fourth-order valence-corrected chi connectivity index (χ4v) is 5.27. The Morgan fingerprint density at radius 2 is 1.85 bits per heavy atom. The van der Waals surface area contributed by atoms with E-state index in [1.165, 1.54) is 0 Å². The number of rotatable bonds is 4. The Balaban J connectivity index is 1.26. The minimum absolute atomic E-state index is 0.0505. The summed E-state index contributed by atoms with van der Waals surface area (Å²) < 4.78 is 5.27. The van der Waals surface area contributed by atoms with Gasteiger partial charge in [0, 0.05) is 18.7 Å². The van der Waals surface area contributed by atoms with Crippen LogP contribution in [0.3, 0.4) is 0 Å². The molecule has 2 aromatic rings. The van der Waals surface area contributed by atoms with E-state index >= 15 is 0 Å². The quantitative estimate of drug-likeness (QED) is 0.617. The summed E-state index contributed by atoms with van der Waals surface area (Å²) in [5.41, 5.74) is 4.05. The van der Waals surface area contributed by atoms with Crippen LogP contribution in [0.25, 0.3) is 0 Å². The van der Waals surface area contributed by atoms with Crippen LogP contribution in [-0.2, 0) is 39.2 Å². The number of hydrogen-bond donors (Lipinski definition) is 3. The average Bonchev–Trinajstić information content (AvgIpc) is 3.25. The second-order valence-electron chi connectivity index (χ2n) is 8.98. The number of carbonyl (C=O) groups is 3. The van der Waals surface area contributed by atoms with Crippen molar-refractivity contribution in [1.29, 1.82) is 0 Å². The second kappa shape index (κ2) is 8.19. The molecule has 0 bridgehead atoms. The van der Waals surface area contributed by atoms with Gasteiger partial charge >= 0.3 is 11.8 Å². The van der Waals surface area contributed by atoms with Gasteiger partial charge in [-0.25, -0.2) is 0 Å². The molecule has 1 atom stereocenters. The van der Waals surface area contributed by atoms with Crippen molar-refractivity contribution in [2.45, 2.75) is 44.1 Å². The monoisotopic (exact) mass is 449 g/mol. The number of aliphatic hydroxyl groups is 1. The van der Waals surface area contributed by atoms with Crippen molar-refractivity contribution in [2.24, 2.45) is 0 Å². The highest BCUT2D eigenvalue weighted by molar-refractivity contribution is 6.39. The third-order valence-electron chi connectivity index (χ3n) is 6.91. The molecule has 2 aliphatic heterocycles. The molecular weight excluding hydrogens is 422 g/mol. The fourth-order valence-electron chi connectivity index (χ4n) is 5.27. The molecule has 5 rings (SSSR count). The lowest BCUT2D eigenvalue weighted by Crippen LogP contribution is -2.46. The van der Waals surface area contributed by atoms with Crippen LogP contribution in [0.15, 0.2) is 30.3 Å². The summed E-state index contributed by atoms with van der Waals surface area (Å²) in [4.78, 5) is 39.0. The molecule has 8 nitrogen and oxygen atoms in total. The number of carbonyl (C=O) groups excluding carboxylic acids is 3. The first-order valence-electron chi connectivity index (χ1n) is 11.3. The first-order valence-corrected chi connectivity index (χ1v) is 11.3. The van der Waals surface area contributed by atoms with Gasteiger partial charge in [-0.15, -0.1) is 0 Å². The topological polar surface area (TPSA) is 108 Å². The summed E-state index contributed by atoms with van der Waals surface area (Å²) in [7, 11) is 1.60. The normalized spacial score (nSPS) is 20.7. The first kappa shape index (κ1) is 21.5. The number of hydrogen-bond acceptors (Lipinski definition) is 5. The van der Waals surface area contributed by atoms with Crippen LogP contribution in [0.4, 0.5) is 11.4 Å². The predicted molar refractivity (Wildman–Crippen MR) is 122 cm³/mol. The van der Waals surface area contributed by atoms with Crippen LogP contribution in [0.1, 0.15) is 41.5 Å². The first-order chi connectivity index (χ1) is 15.9. The highest BCUT2D eigenvalue weighted by Gasteiger charge is 2.36. The standard InChI is InChI=1S/C25H27N3O5/c1-33-19-5-6-20-15(13-19)3-2-9-25(20,32)14-26-23(30)24(31)27-18-11-16-4-7-21(29)28-10-8-17(12-18)22(16)28/h5-6,11-13,32H,2-4,7-10,14H2,1H3,(H,26,30)(H,27,31). The van der Waals surface area contributed by atoms with Crippen molar-refractivity contribution in [3.05, 3.63) is 52.6 Å². The lowest BCUT2D eigenvalue weighted by atomic mass is 9.79. The van der Waals surface area contributed by atoms with Gasteiger partial charge in [0.25, 0.3) is 0 Å². The van der Waals surface area contributed by atoms with E-state index in [4.69, 9.17) is 4.74 Å². The van der Waals surface area contributed by atoms with E-state index in [-0.39, 0.29) is 12.5 Å². The predicted octanol–water partition coefficient (Wildman–Crippen LogP) is 1.81. The molecule has 1 aliphatic carbocycles. The van der Waals surface area contributed by atoms with Crippen LogP contribution in [-0.4, -0.2) is 43.0 Å². The second-order valence-corrected chi connectivity index (χ2v) is 8.98. The minimum Gasteiger partial charge on any atom is -0.497 e. The third-order valence-corrected chi connectivity index (χ3v) is 6.91. The molecular formula is C25H27N3O5. The summed E-state index contributed by atoms with van der Waals surface area (Å²) in [5.74, 6) is -0.714. The third kappa shape index (κ3) is 3.84. The van der Waals surface area contributed by atoms with Crippen molar-refractivity contribution in [1.82, 2.24) is 5.32 Å². The molecule has 3 amide bonds. The van der Waals surface area contributed by atoms with E-state index in [1.807, 2.05) is 29.2 Å². The van der Waals surface area contributed by atoms with Crippen molar-refractivity contribution in [3.63, 3.8) is 0 Å². The molecule has 0 fully saturated rings.